The van der Waals surface area contributed by atoms with Crippen LogP contribution in [0.5, 0.6) is 0 Å². The Bertz CT molecular complexity index is 477. The third kappa shape index (κ3) is 1.31. The highest BCUT2D eigenvalue weighted by molar-refractivity contribution is 7.15. The first-order valence-corrected chi connectivity index (χ1v) is 5.00. The van der Waals surface area contributed by atoms with Crippen molar-refractivity contribution >= 4 is 35.7 Å². The Hall–Kier alpha value is -1.30. The fourth-order valence-electron chi connectivity index (χ4n) is 1.15. The first-order valence-electron chi connectivity index (χ1n) is 4.12. The topological polar surface area (TPSA) is 43.6 Å². The van der Waals surface area contributed by atoms with E-state index in [1.165, 1.54) is 11.3 Å². The van der Waals surface area contributed by atoms with Crippen molar-refractivity contribution in [3.8, 4) is 0 Å². The molecule has 0 bridgehead atoms. The zero-order valence-electron chi connectivity index (χ0n) is 7.56. The maximum absolute atomic E-state index is 11.4. The fourth-order valence-corrected chi connectivity index (χ4v) is 1.87. The number of thiazole rings is 1. The molecule has 0 fully saturated rings. The largest absolute Gasteiger partial charge is 0.461 e. The molecule has 70 valence electrons. The number of ether oxygens (including phenoxy) is 1. The minimum absolute atomic E-state index is 0.193. The molecule has 4 nitrogen and oxygen atoms in total. The van der Waals surface area contributed by atoms with Gasteiger partial charge in [0.05, 0.1) is 6.61 Å². The van der Waals surface area contributed by atoms with Gasteiger partial charge in [-0.05, 0) is 6.92 Å². The molecular formula is C8H7BN2O2S. The summed E-state index contributed by atoms with van der Waals surface area (Å²) in [6, 6.07) is 0. The molecule has 2 rings (SSSR count). The molecule has 0 spiro atoms. The van der Waals surface area contributed by atoms with Crippen molar-refractivity contribution in [2.45, 2.75) is 6.92 Å². The number of hydrogen-bond donors (Lipinski definition) is 0. The van der Waals surface area contributed by atoms with Gasteiger partial charge in [-0.25, -0.2) is 9.78 Å². The summed E-state index contributed by atoms with van der Waals surface area (Å²) in [5.41, 5.74) is 0.526. The number of carbonyl (C=O) groups excluding carboxylic acids is 1. The van der Waals surface area contributed by atoms with Gasteiger partial charge in [-0.1, -0.05) is 0 Å². The number of rotatable bonds is 2. The van der Waals surface area contributed by atoms with E-state index in [-0.39, 0.29) is 5.69 Å². The molecule has 2 aromatic rings. The summed E-state index contributed by atoms with van der Waals surface area (Å²) >= 11 is 1.42. The van der Waals surface area contributed by atoms with Gasteiger partial charge >= 0.3 is 5.97 Å². The zero-order valence-corrected chi connectivity index (χ0v) is 8.37. The molecule has 0 N–H and O–H groups in total. The molecule has 2 heterocycles. The average molecular weight is 206 g/mol. The predicted octanol–water partition coefficient (Wildman–Crippen LogP) is 0.366. The normalized spacial score (nSPS) is 10.6. The number of carbonyl (C=O) groups is 1. The second kappa shape index (κ2) is 3.45. The monoisotopic (exact) mass is 206 g/mol. The zero-order chi connectivity index (χ0) is 10.1. The summed E-state index contributed by atoms with van der Waals surface area (Å²) in [7, 11) is 5.72. The van der Waals surface area contributed by atoms with Crippen molar-refractivity contribution in [1.82, 2.24) is 9.38 Å². The first-order chi connectivity index (χ1) is 6.74. The van der Waals surface area contributed by atoms with Crippen LogP contribution in [-0.2, 0) is 4.74 Å². The number of aromatic nitrogens is 2. The van der Waals surface area contributed by atoms with E-state index >= 15 is 0 Å². The van der Waals surface area contributed by atoms with E-state index in [4.69, 9.17) is 12.6 Å². The number of nitrogens with zero attached hydrogens (tertiary/aromatic N) is 2. The number of imidazole rings is 1. The molecule has 0 saturated heterocycles. The van der Waals surface area contributed by atoms with Crippen LogP contribution < -0.4 is 5.59 Å². The van der Waals surface area contributed by atoms with Gasteiger partial charge in [-0.3, -0.25) is 0 Å². The number of esters is 1. The second-order valence-corrected chi connectivity index (χ2v) is 3.49. The maximum Gasteiger partial charge on any atom is 0.357 e. The molecular weight excluding hydrogens is 199 g/mol. The Morgan fingerprint density at radius 3 is 3.21 bits per heavy atom. The summed E-state index contributed by atoms with van der Waals surface area (Å²) < 4.78 is 6.48. The third-order valence-electron chi connectivity index (χ3n) is 1.77. The molecule has 0 aromatic carbocycles. The third-order valence-corrected chi connectivity index (χ3v) is 2.52. The second-order valence-electron chi connectivity index (χ2n) is 2.62. The van der Waals surface area contributed by atoms with Crippen LogP contribution in [0.4, 0.5) is 0 Å². The van der Waals surface area contributed by atoms with Crippen molar-refractivity contribution in [3.05, 3.63) is 17.3 Å². The summed E-state index contributed by atoms with van der Waals surface area (Å²) in [6.07, 6.45) is 1.77. The first kappa shape index (κ1) is 9.27. The molecule has 0 aliphatic heterocycles. The Morgan fingerprint density at radius 2 is 2.57 bits per heavy atom. The predicted molar refractivity (Wildman–Crippen MR) is 54.4 cm³/mol. The van der Waals surface area contributed by atoms with Crippen LogP contribution in [0.15, 0.2) is 11.6 Å². The van der Waals surface area contributed by atoms with Gasteiger partial charge in [0.15, 0.2) is 10.7 Å². The lowest BCUT2D eigenvalue weighted by molar-refractivity contribution is 0.0522. The van der Waals surface area contributed by atoms with E-state index < -0.39 is 5.97 Å². The van der Waals surface area contributed by atoms with E-state index in [9.17, 15) is 4.79 Å². The molecule has 0 atom stereocenters. The van der Waals surface area contributed by atoms with Crippen molar-refractivity contribution in [1.29, 1.82) is 0 Å². The van der Waals surface area contributed by atoms with E-state index in [0.717, 1.165) is 0 Å². The minimum atomic E-state index is -0.471. The lowest BCUT2D eigenvalue weighted by Gasteiger charge is -1.98. The van der Waals surface area contributed by atoms with Gasteiger partial charge in [0.2, 0.25) is 0 Å². The van der Waals surface area contributed by atoms with Gasteiger partial charge in [-0.2, -0.15) is 0 Å². The van der Waals surface area contributed by atoms with E-state index in [2.05, 4.69) is 4.98 Å². The lowest BCUT2D eigenvalue weighted by Crippen LogP contribution is -2.20. The minimum Gasteiger partial charge on any atom is -0.461 e. The summed E-state index contributed by atoms with van der Waals surface area (Å²) in [5, 5.41) is 1.85. The van der Waals surface area contributed by atoms with Gasteiger partial charge < -0.3 is 9.14 Å². The van der Waals surface area contributed by atoms with Crippen LogP contribution in [0.25, 0.3) is 4.96 Å². The molecule has 14 heavy (non-hydrogen) atoms. The van der Waals surface area contributed by atoms with Crippen LogP contribution in [0.2, 0.25) is 0 Å². The molecule has 6 heteroatoms. The highest BCUT2D eigenvalue weighted by Gasteiger charge is 2.16. The lowest BCUT2D eigenvalue weighted by atomic mass is 10.0. The summed E-state index contributed by atoms with van der Waals surface area (Å²) in [6.45, 7) is 2.07. The molecule has 0 aliphatic rings. The van der Waals surface area contributed by atoms with Crippen LogP contribution >= 0.6 is 11.3 Å². The van der Waals surface area contributed by atoms with Crippen molar-refractivity contribution in [2.24, 2.45) is 0 Å². The van der Waals surface area contributed by atoms with Crippen LogP contribution in [0.1, 0.15) is 17.4 Å². The number of fused-ring (bicyclic) bond motifs is 1. The van der Waals surface area contributed by atoms with E-state index in [1.54, 1.807) is 17.5 Å². The van der Waals surface area contributed by atoms with Gasteiger partial charge in [0.25, 0.3) is 0 Å². The highest BCUT2D eigenvalue weighted by atomic mass is 32.1. The number of hydrogen-bond acceptors (Lipinski definition) is 4. The van der Waals surface area contributed by atoms with Crippen LogP contribution in [0, 0.1) is 0 Å². The molecule has 2 radical (unpaired) electrons. The smallest absolute Gasteiger partial charge is 0.357 e. The molecule has 0 unspecified atom stereocenters. The Labute approximate surface area is 85.9 Å². The highest BCUT2D eigenvalue weighted by Crippen LogP contribution is 2.09. The summed E-state index contributed by atoms with van der Waals surface area (Å²) in [5.74, 6) is -0.471. The molecule has 2 aromatic heterocycles. The Balaban J connectivity index is 2.47. The fraction of sp³-hybridized carbons (Fsp3) is 0.250. The van der Waals surface area contributed by atoms with Gasteiger partial charge in [0.1, 0.15) is 7.85 Å². The SMILES string of the molecule is [B]c1c(C(=O)OCC)nc2sccn12. The Kier molecular flexibility index (Phi) is 2.29. The quantitative estimate of drug-likeness (QED) is 0.526. The molecule has 0 saturated carbocycles. The Morgan fingerprint density at radius 1 is 1.79 bits per heavy atom. The standard InChI is InChI=1S/C8H7BN2O2S/c1-2-13-7(12)5-6(9)11-3-4-14-8(11)10-5/h3-4H,2H2,1H3. The summed E-state index contributed by atoms with van der Waals surface area (Å²) in [4.78, 5) is 16.1. The van der Waals surface area contributed by atoms with Crippen LogP contribution in [-0.4, -0.2) is 29.8 Å². The van der Waals surface area contributed by atoms with Gasteiger partial charge in [0, 0.05) is 17.2 Å². The maximum atomic E-state index is 11.4. The van der Waals surface area contributed by atoms with Crippen molar-refractivity contribution in [3.63, 3.8) is 0 Å². The van der Waals surface area contributed by atoms with E-state index in [1.807, 2.05) is 5.38 Å². The molecule has 0 aliphatic carbocycles. The van der Waals surface area contributed by atoms with E-state index in [0.29, 0.717) is 17.2 Å². The van der Waals surface area contributed by atoms with Crippen LogP contribution in [0.3, 0.4) is 0 Å². The van der Waals surface area contributed by atoms with Gasteiger partial charge in [-0.15, -0.1) is 11.3 Å². The van der Waals surface area contributed by atoms with Crippen molar-refractivity contribution in [2.75, 3.05) is 6.61 Å². The average Bonchev–Trinajstić information content (AvgIpc) is 2.69. The molecule has 0 amide bonds. The van der Waals surface area contributed by atoms with Crippen molar-refractivity contribution < 1.29 is 9.53 Å².